The van der Waals surface area contributed by atoms with Gasteiger partial charge in [0.25, 0.3) is 17.2 Å². The third kappa shape index (κ3) is 5.79. The van der Waals surface area contributed by atoms with E-state index in [1.807, 2.05) is 30.3 Å². The first-order valence-corrected chi connectivity index (χ1v) is 16.1. The fourth-order valence-electron chi connectivity index (χ4n) is 7.86. The number of hydrogen-bond acceptors (Lipinski definition) is 9. The molecule has 1 atom stereocenters. The van der Waals surface area contributed by atoms with Crippen LogP contribution in [0.25, 0.3) is 10.8 Å². The Morgan fingerprint density at radius 3 is 2.13 bits per heavy atom. The number of hydrogen-bond donors (Lipinski definition) is 1. The smallest absolute Gasteiger partial charge is 0.275 e. The number of nitro benzene ring substituents is 1. The molecule has 4 aliphatic rings. The summed E-state index contributed by atoms with van der Waals surface area (Å²) in [6, 6.07) is 12.6. The number of nitrogens with zero attached hydrogens (tertiary/aromatic N) is 6. The lowest BCUT2D eigenvalue weighted by Gasteiger charge is -2.50. The number of nitrogens with one attached hydrogen (secondary N) is 1. The predicted octanol–water partition coefficient (Wildman–Crippen LogP) is 3.63. The van der Waals surface area contributed by atoms with Gasteiger partial charge in [0.2, 0.25) is 5.91 Å². The van der Waals surface area contributed by atoms with Crippen molar-refractivity contribution < 1.29 is 14.5 Å². The molecular weight excluding hydrogens is 574 g/mol. The zero-order valence-electron chi connectivity index (χ0n) is 25.4. The Morgan fingerprint density at radius 2 is 1.47 bits per heavy atom. The van der Waals surface area contributed by atoms with Gasteiger partial charge in [-0.3, -0.25) is 29.8 Å². The predicted molar refractivity (Wildman–Crippen MR) is 170 cm³/mol. The fourth-order valence-corrected chi connectivity index (χ4v) is 7.86. The molecule has 2 amide bonds. The van der Waals surface area contributed by atoms with Gasteiger partial charge >= 0.3 is 0 Å². The van der Waals surface area contributed by atoms with Crippen LogP contribution in [0.4, 0.5) is 17.1 Å². The molecule has 7 rings (SSSR count). The van der Waals surface area contributed by atoms with Gasteiger partial charge in [-0.2, -0.15) is 5.10 Å². The van der Waals surface area contributed by atoms with Gasteiger partial charge in [0.15, 0.2) is 0 Å². The number of rotatable bonds is 5. The van der Waals surface area contributed by atoms with E-state index in [0.29, 0.717) is 16.8 Å². The fraction of sp³-hybridized carbons (Fsp3) is 0.515. The van der Waals surface area contributed by atoms with Crippen LogP contribution in [0.1, 0.15) is 57.4 Å². The van der Waals surface area contributed by atoms with Crippen molar-refractivity contribution >= 4 is 39.6 Å². The second kappa shape index (κ2) is 11.9. The van der Waals surface area contributed by atoms with Crippen LogP contribution in [0.5, 0.6) is 0 Å². The van der Waals surface area contributed by atoms with E-state index in [1.54, 1.807) is 18.3 Å². The first-order chi connectivity index (χ1) is 21.8. The van der Waals surface area contributed by atoms with Gasteiger partial charge < -0.3 is 14.7 Å². The summed E-state index contributed by atoms with van der Waals surface area (Å²) in [6.07, 6.45) is 9.14. The summed E-state index contributed by atoms with van der Waals surface area (Å²) in [4.78, 5) is 55.1. The van der Waals surface area contributed by atoms with Crippen LogP contribution in [-0.4, -0.2) is 76.7 Å². The second-order valence-corrected chi connectivity index (χ2v) is 13.1. The SMILES string of the molecule is O=C1CCC(n2ncc3cc(N4CCC5(CC4)CCN(C4CCN(c6ccc([N+](=O)[O-])cc6)CC4)CC5)ccc3c2=O)C(=O)N1. The van der Waals surface area contributed by atoms with Crippen LogP contribution in [0.15, 0.2) is 53.5 Å². The highest BCUT2D eigenvalue weighted by Gasteiger charge is 2.39. The number of nitro groups is 1. The maximum atomic E-state index is 13.2. The van der Waals surface area contributed by atoms with E-state index < -0.39 is 11.9 Å². The van der Waals surface area contributed by atoms with E-state index >= 15 is 0 Å². The van der Waals surface area contributed by atoms with Crippen LogP contribution in [0, 0.1) is 15.5 Å². The maximum absolute atomic E-state index is 13.2. The molecule has 0 bridgehead atoms. The standard InChI is InChI=1S/C33H39N7O5/c41-30-8-7-29(31(42)35-30)39-32(43)28-6-5-27(21-23(28)22-34-39)38-19-13-33(14-20-38)11-17-37(18-12-33)25-9-15-36(16-10-25)24-1-3-26(4-2-24)40(44)45/h1-6,21-22,25,29H,7-20H2,(H,35,41,42). The summed E-state index contributed by atoms with van der Waals surface area (Å²) in [7, 11) is 0. The van der Waals surface area contributed by atoms with Gasteiger partial charge in [-0.05, 0) is 93.8 Å². The van der Waals surface area contributed by atoms with Gasteiger partial charge in [-0.25, -0.2) is 4.68 Å². The van der Waals surface area contributed by atoms with Crippen molar-refractivity contribution in [1.29, 1.82) is 0 Å². The van der Waals surface area contributed by atoms with Crippen molar-refractivity contribution in [1.82, 2.24) is 20.0 Å². The number of amides is 2. The van der Waals surface area contributed by atoms with Crippen LogP contribution in [0.3, 0.4) is 0 Å². The maximum Gasteiger partial charge on any atom is 0.275 e. The van der Waals surface area contributed by atoms with Crippen LogP contribution < -0.4 is 20.7 Å². The summed E-state index contributed by atoms with van der Waals surface area (Å²) in [5.41, 5.74) is 2.37. The van der Waals surface area contributed by atoms with E-state index in [1.165, 1.54) is 17.5 Å². The summed E-state index contributed by atoms with van der Waals surface area (Å²) in [6.45, 7) is 6.21. The molecule has 1 unspecified atom stereocenters. The van der Waals surface area contributed by atoms with Crippen molar-refractivity contribution in [2.75, 3.05) is 49.1 Å². The lowest BCUT2D eigenvalue weighted by Crippen LogP contribution is -2.52. The second-order valence-electron chi connectivity index (χ2n) is 13.1. The molecule has 1 spiro atoms. The number of non-ortho nitro benzene ring substituents is 1. The number of piperidine rings is 4. The molecular formula is C33H39N7O5. The van der Waals surface area contributed by atoms with E-state index in [0.717, 1.165) is 81.7 Å². The molecule has 4 saturated heterocycles. The zero-order valence-corrected chi connectivity index (χ0v) is 25.4. The van der Waals surface area contributed by atoms with E-state index in [4.69, 9.17) is 0 Å². The largest absolute Gasteiger partial charge is 0.371 e. The summed E-state index contributed by atoms with van der Waals surface area (Å²) in [5, 5.41) is 18.9. The van der Waals surface area contributed by atoms with Crippen molar-refractivity contribution in [3.63, 3.8) is 0 Å². The Balaban J connectivity index is 0.921. The average Bonchev–Trinajstić information content (AvgIpc) is 3.06. The molecule has 12 nitrogen and oxygen atoms in total. The Bertz CT molecular complexity index is 1660. The topological polar surface area (TPSA) is 134 Å². The quantitative estimate of drug-likeness (QED) is 0.260. The van der Waals surface area contributed by atoms with E-state index in [9.17, 15) is 24.5 Å². The van der Waals surface area contributed by atoms with Crippen molar-refractivity contribution in [2.24, 2.45) is 5.41 Å². The van der Waals surface area contributed by atoms with E-state index in [-0.39, 0.29) is 34.9 Å². The monoisotopic (exact) mass is 613 g/mol. The molecule has 0 radical (unpaired) electrons. The molecule has 3 aromatic rings. The molecule has 2 aromatic carbocycles. The first kappa shape index (κ1) is 29.4. The summed E-state index contributed by atoms with van der Waals surface area (Å²) < 4.78 is 1.21. The third-order valence-electron chi connectivity index (χ3n) is 10.8. The highest BCUT2D eigenvalue weighted by molar-refractivity contribution is 5.99. The van der Waals surface area contributed by atoms with Gasteiger partial charge in [-0.1, -0.05) is 0 Å². The average molecular weight is 614 g/mol. The van der Waals surface area contributed by atoms with Crippen LogP contribution in [0.2, 0.25) is 0 Å². The minimum absolute atomic E-state index is 0.135. The van der Waals surface area contributed by atoms with E-state index in [2.05, 4.69) is 25.1 Å². The molecule has 12 heteroatoms. The van der Waals surface area contributed by atoms with Crippen molar-refractivity contribution in [3.05, 3.63) is 69.1 Å². The first-order valence-electron chi connectivity index (χ1n) is 16.1. The highest BCUT2D eigenvalue weighted by atomic mass is 16.6. The lowest BCUT2D eigenvalue weighted by molar-refractivity contribution is -0.384. The summed E-state index contributed by atoms with van der Waals surface area (Å²) >= 11 is 0. The molecule has 0 aliphatic carbocycles. The Kier molecular flexibility index (Phi) is 7.76. The van der Waals surface area contributed by atoms with Gasteiger partial charge in [0.05, 0.1) is 16.5 Å². The minimum Gasteiger partial charge on any atom is -0.371 e. The normalized spacial score (nSPS) is 23.0. The van der Waals surface area contributed by atoms with Crippen LogP contribution in [-0.2, 0) is 9.59 Å². The highest BCUT2D eigenvalue weighted by Crippen LogP contribution is 2.43. The lowest BCUT2D eigenvalue weighted by atomic mass is 9.71. The molecule has 1 aromatic heterocycles. The Morgan fingerprint density at radius 1 is 0.822 bits per heavy atom. The molecule has 45 heavy (non-hydrogen) atoms. The third-order valence-corrected chi connectivity index (χ3v) is 10.8. The Labute approximate surface area is 261 Å². The van der Waals surface area contributed by atoms with Crippen molar-refractivity contribution in [3.8, 4) is 0 Å². The molecule has 0 saturated carbocycles. The van der Waals surface area contributed by atoms with Gasteiger partial charge in [0, 0.05) is 67.5 Å². The zero-order chi connectivity index (χ0) is 31.1. The number of carbonyl (C=O) groups excluding carboxylic acids is 2. The summed E-state index contributed by atoms with van der Waals surface area (Å²) in [5.74, 6) is -0.794. The van der Waals surface area contributed by atoms with Crippen LogP contribution >= 0.6 is 0 Å². The minimum atomic E-state index is -0.765. The van der Waals surface area contributed by atoms with Gasteiger partial charge in [-0.15, -0.1) is 0 Å². The molecule has 1 N–H and O–H groups in total. The van der Waals surface area contributed by atoms with Gasteiger partial charge in [0.1, 0.15) is 6.04 Å². The molecule has 5 heterocycles. The molecule has 4 fully saturated rings. The number of likely N-dealkylation sites (tertiary alicyclic amines) is 1. The molecule has 4 aliphatic heterocycles. The number of benzene rings is 2. The Hall–Kier alpha value is -4.32. The number of carbonyl (C=O) groups is 2. The number of imide groups is 1. The number of anilines is 2. The number of aromatic nitrogens is 2. The van der Waals surface area contributed by atoms with Crippen molar-refractivity contribution in [2.45, 2.75) is 63.5 Å². The number of fused-ring (bicyclic) bond motifs is 1. The molecule has 236 valence electrons.